The summed E-state index contributed by atoms with van der Waals surface area (Å²) in [4.78, 5) is 9.73. The predicted octanol–water partition coefficient (Wildman–Crippen LogP) is 0.0691. The number of ether oxygens (including phenoxy) is 1. The van der Waals surface area contributed by atoms with E-state index in [9.17, 15) is 0 Å². The summed E-state index contributed by atoms with van der Waals surface area (Å²) in [7, 11) is 0. The number of aromatic nitrogens is 2. The standard InChI is InChI=1S/C9H14N4OS/c10-9(15)8(7-5-11-6-12-7)13-1-3-14-4-2-13/h5-6,8H,1-4H2,(H2,10,15)(H,11,12). The molecule has 1 aromatic heterocycles. The molecule has 2 heterocycles. The fourth-order valence-electron chi connectivity index (χ4n) is 1.78. The van der Waals surface area contributed by atoms with Crippen LogP contribution >= 0.6 is 12.2 Å². The van der Waals surface area contributed by atoms with Crippen LogP contribution in [0.3, 0.4) is 0 Å². The van der Waals surface area contributed by atoms with Crippen LogP contribution in [-0.4, -0.2) is 46.2 Å². The van der Waals surface area contributed by atoms with Crippen molar-refractivity contribution in [2.45, 2.75) is 6.04 Å². The Morgan fingerprint density at radius 3 is 2.87 bits per heavy atom. The number of aromatic amines is 1. The minimum Gasteiger partial charge on any atom is -0.392 e. The first-order valence-electron chi connectivity index (χ1n) is 4.88. The number of rotatable bonds is 3. The van der Waals surface area contributed by atoms with E-state index in [2.05, 4.69) is 14.9 Å². The first-order chi connectivity index (χ1) is 7.29. The molecule has 0 amide bonds. The summed E-state index contributed by atoms with van der Waals surface area (Å²) >= 11 is 5.09. The molecule has 0 aliphatic carbocycles. The molecule has 1 atom stereocenters. The number of morpholine rings is 1. The normalized spacial score (nSPS) is 20.0. The molecule has 0 bridgehead atoms. The molecule has 15 heavy (non-hydrogen) atoms. The molecule has 1 saturated heterocycles. The lowest BCUT2D eigenvalue weighted by molar-refractivity contribution is 0.0283. The van der Waals surface area contributed by atoms with Gasteiger partial charge in [-0.25, -0.2) is 4.98 Å². The van der Waals surface area contributed by atoms with E-state index in [0.29, 0.717) is 4.99 Å². The van der Waals surface area contributed by atoms with Gasteiger partial charge in [-0.1, -0.05) is 12.2 Å². The van der Waals surface area contributed by atoms with Crippen LogP contribution in [0.4, 0.5) is 0 Å². The maximum atomic E-state index is 5.76. The van der Waals surface area contributed by atoms with E-state index in [-0.39, 0.29) is 6.04 Å². The van der Waals surface area contributed by atoms with E-state index in [1.165, 1.54) is 0 Å². The van der Waals surface area contributed by atoms with Crippen molar-refractivity contribution >= 4 is 17.2 Å². The first-order valence-corrected chi connectivity index (χ1v) is 5.29. The Bertz CT molecular complexity index is 321. The van der Waals surface area contributed by atoms with Crippen LogP contribution in [0, 0.1) is 0 Å². The highest BCUT2D eigenvalue weighted by atomic mass is 32.1. The van der Waals surface area contributed by atoms with E-state index in [0.717, 1.165) is 32.0 Å². The molecule has 1 unspecified atom stereocenters. The van der Waals surface area contributed by atoms with Gasteiger partial charge in [-0.3, -0.25) is 4.90 Å². The van der Waals surface area contributed by atoms with Crippen LogP contribution in [0.5, 0.6) is 0 Å². The third-order valence-corrected chi connectivity index (χ3v) is 2.72. The molecule has 1 fully saturated rings. The molecule has 0 radical (unpaired) electrons. The summed E-state index contributed by atoms with van der Waals surface area (Å²) in [6, 6.07) is -0.0496. The lowest BCUT2D eigenvalue weighted by Crippen LogP contribution is -2.43. The number of thiocarbonyl (C=S) groups is 1. The van der Waals surface area contributed by atoms with Crippen LogP contribution in [0.15, 0.2) is 12.5 Å². The van der Waals surface area contributed by atoms with E-state index < -0.39 is 0 Å². The van der Waals surface area contributed by atoms with E-state index in [1.807, 2.05) is 0 Å². The van der Waals surface area contributed by atoms with Gasteiger partial charge in [-0.15, -0.1) is 0 Å². The summed E-state index contributed by atoms with van der Waals surface area (Å²) < 4.78 is 5.30. The number of imidazole rings is 1. The molecule has 82 valence electrons. The predicted molar refractivity (Wildman–Crippen MR) is 60.5 cm³/mol. The fraction of sp³-hybridized carbons (Fsp3) is 0.556. The molecular formula is C9H14N4OS. The summed E-state index contributed by atoms with van der Waals surface area (Å²) in [5, 5.41) is 0. The van der Waals surface area contributed by atoms with Crippen molar-refractivity contribution in [2.24, 2.45) is 5.73 Å². The summed E-state index contributed by atoms with van der Waals surface area (Å²) in [6.45, 7) is 3.16. The van der Waals surface area contributed by atoms with Crippen molar-refractivity contribution in [1.29, 1.82) is 0 Å². The number of nitrogens with zero attached hydrogens (tertiary/aromatic N) is 2. The van der Waals surface area contributed by atoms with Gasteiger partial charge >= 0.3 is 0 Å². The Balaban J connectivity index is 2.15. The third kappa shape index (κ3) is 2.34. The first kappa shape index (κ1) is 10.5. The molecule has 3 N–H and O–H groups in total. The number of hydrogen-bond donors (Lipinski definition) is 2. The lowest BCUT2D eigenvalue weighted by atomic mass is 10.1. The second-order valence-corrected chi connectivity index (χ2v) is 3.93. The summed E-state index contributed by atoms with van der Waals surface area (Å²) in [5.74, 6) is 0. The molecule has 0 spiro atoms. The average molecular weight is 226 g/mol. The van der Waals surface area contributed by atoms with Crippen molar-refractivity contribution in [3.8, 4) is 0 Å². The minimum atomic E-state index is -0.0496. The maximum Gasteiger partial charge on any atom is 0.102 e. The van der Waals surface area contributed by atoms with Gasteiger partial charge in [0.1, 0.15) is 6.04 Å². The summed E-state index contributed by atoms with van der Waals surface area (Å²) in [6.07, 6.45) is 3.40. The SMILES string of the molecule is NC(=S)C(c1cnc[nH]1)N1CCOCC1. The second-order valence-electron chi connectivity index (χ2n) is 3.46. The van der Waals surface area contributed by atoms with Crippen LogP contribution in [0.2, 0.25) is 0 Å². The van der Waals surface area contributed by atoms with Gasteiger partial charge in [0.15, 0.2) is 0 Å². The molecule has 5 nitrogen and oxygen atoms in total. The van der Waals surface area contributed by atoms with Gasteiger partial charge in [0.25, 0.3) is 0 Å². The Labute approximate surface area is 93.6 Å². The lowest BCUT2D eigenvalue weighted by Gasteiger charge is -2.33. The van der Waals surface area contributed by atoms with Crippen LogP contribution in [0.25, 0.3) is 0 Å². The molecule has 1 aliphatic heterocycles. The van der Waals surface area contributed by atoms with Crippen LogP contribution < -0.4 is 5.73 Å². The molecule has 1 aromatic rings. The Hall–Kier alpha value is -0.980. The van der Waals surface area contributed by atoms with Crippen molar-refractivity contribution in [3.05, 3.63) is 18.2 Å². The molecule has 1 aliphatic rings. The Morgan fingerprint density at radius 2 is 2.33 bits per heavy atom. The van der Waals surface area contributed by atoms with Gasteiger partial charge in [0.2, 0.25) is 0 Å². The van der Waals surface area contributed by atoms with Gasteiger partial charge in [0, 0.05) is 19.3 Å². The largest absolute Gasteiger partial charge is 0.392 e. The van der Waals surface area contributed by atoms with Crippen molar-refractivity contribution in [3.63, 3.8) is 0 Å². The quantitative estimate of drug-likeness (QED) is 0.714. The van der Waals surface area contributed by atoms with Crippen molar-refractivity contribution in [2.75, 3.05) is 26.3 Å². The monoisotopic (exact) mass is 226 g/mol. The second kappa shape index (κ2) is 4.69. The number of nitrogens with one attached hydrogen (secondary N) is 1. The Kier molecular flexibility index (Phi) is 3.30. The topological polar surface area (TPSA) is 67.2 Å². The van der Waals surface area contributed by atoms with Crippen molar-refractivity contribution in [1.82, 2.24) is 14.9 Å². The van der Waals surface area contributed by atoms with Crippen molar-refractivity contribution < 1.29 is 4.74 Å². The highest BCUT2D eigenvalue weighted by molar-refractivity contribution is 7.80. The van der Waals surface area contributed by atoms with Gasteiger partial charge in [-0.2, -0.15) is 0 Å². The third-order valence-electron chi connectivity index (χ3n) is 2.49. The van der Waals surface area contributed by atoms with Gasteiger partial charge in [-0.05, 0) is 0 Å². The van der Waals surface area contributed by atoms with E-state index >= 15 is 0 Å². The molecular weight excluding hydrogens is 212 g/mol. The number of nitrogens with two attached hydrogens (primary N) is 1. The molecule has 6 heteroatoms. The van der Waals surface area contributed by atoms with Gasteiger partial charge < -0.3 is 15.5 Å². The molecule has 0 aromatic carbocycles. The smallest absolute Gasteiger partial charge is 0.102 e. The van der Waals surface area contributed by atoms with E-state index in [1.54, 1.807) is 12.5 Å². The highest BCUT2D eigenvalue weighted by Gasteiger charge is 2.25. The Morgan fingerprint density at radius 1 is 1.60 bits per heavy atom. The van der Waals surface area contributed by atoms with Crippen LogP contribution in [-0.2, 0) is 4.74 Å². The summed E-state index contributed by atoms with van der Waals surface area (Å²) in [5.41, 5.74) is 6.71. The molecule has 2 rings (SSSR count). The fourth-order valence-corrected chi connectivity index (χ4v) is 2.06. The number of H-pyrrole nitrogens is 1. The average Bonchev–Trinajstić information content (AvgIpc) is 2.72. The zero-order chi connectivity index (χ0) is 10.7. The molecule has 0 saturated carbocycles. The zero-order valence-electron chi connectivity index (χ0n) is 8.35. The maximum absolute atomic E-state index is 5.76. The minimum absolute atomic E-state index is 0.0496. The highest BCUT2D eigenvalue weighted by Crippen LogP contribution is 2.19. The van der Waals surface area contributed by atoms with Gasteiger partial charge in [0.05, 0.1) is 30.2 Å². The zero-order valence-corrected chi connectivity index (χ0v) is 9.17. The number of hydrogen-bond acceptors (Lipinski definition) is 4. The van der Waals surface area contributed by atoms with E-state index in [4.69, 9.17) is 22.7 Å². The van der Waals surface area contributed by atoms with Crippen LogP contribution in [0.1, 0.15) is 11.7 Å².